The quantitative estimate of drug-likeness (QED) is 0.836. The number of hydrogen-bond donors (Lipinski definition) is 1. The van der Waals surface area contributed by atoms with Crippen molar-refractivity contribution in [2.24, 2.45) is 0 Å². The van der Waals surface area contributed by atoms with Crippen molar-refractivity contribution in [3.05, 3.63) is 29.3 Å². The van der Waals surface area contributed by atoms with Crippen LogP contribution in [0.4, 0.5) is 8.78 Å². The molecule has 5 nitrogen and oxygen atoms in total. The fourth-order valence-electron chi connectivity index (χ4n) is 1.31. The average Bonchev–Trinajstić information content (AvgIpc) is 2.28. The molecule has 0 aliphatic heterocycles. The lowest BCUT2D eigenvalue weighted by Gasteiger charge is -2.15. The Morgan fingerprint density at radius 3 is 2.53 bits per heavy atom. The lowest BCUT2D eigenvalue weighted by Crippen LogP contribution is -2.28. The third kappa shape index (κ3) is 2.72. The Morgan fingerprint density at radius 2 is 2.05 bits per heavy atom. The molecule has 0 saturated carbocycles. The van der Waals surface area contributed by atoms with Gasteiger partial charge in [0.2, 0.25) is 10.0 Å². The number of carboxylic acids is 1. The van der Waals surface area contributed by atoms with Crippen LogP contribution in [0.25, 0.3) is 0 Å². The number of carboxylic acid groups (broad SMARTS) is 1. The molecule has 0 spiro atoms. The van der Waals surface area contributed by atoms with Crippen molar-refractivity contribution in [1.82, 2.24) is 4.31 Å². The van der Waals surface area contributed by atoms with Gasteiger partial charge >= 0.3 is 5.97 Å². The number of terminal acetylenes is 1. The van der Waals surface area contributed by atoms with Crippen LogP contribution in [0.15, 0.2) is 17.0 Å². The van der Waals surface area contributed by atoms with E-state index in [1.807, 2.05) is 5.92 Å². The molecule has 1 rings (SSSR count). The minimum absolute atomic E-state index is 0.332. The predicted molar refractivity (Wildman–Crippen MR) is 62.0 cm³/mol. The Balaban J connectivity index is 3.51. The molecule has 0 aromatic heterocycles. The van der Waals surface area contributed by atoms with Crippen molar-refractivity contribution in [3.8, 4) is 12.3 Å². The fraction of sp³-hybridized carbons (Fsp3) is 0.182. The van der Waals surface area contributed by atoms with E-state index in [1.165, 1.54) is 0 Å². The molecule has 0 heterocycles. The normalized spacial score (nSPS) is 11.3. The van der Waals surface area contributed by atoms with Gasteiger partial charge in [-0.25, -0.2) is 22.0 Å². The summed E-state index contributed by atoms with van der Waals surface area (Å²) in [5.41, 5.74) is -1.32. The van der Waals surface area contributed by atoms with E-state index >= 15 is 0 Å². The van der Waals surface area contributed by atoms with Crippen molar-refractivity contribution in [1.29, 1.82) is 0 Å². The van der Waals surface area contributed by atoms with Crippen molar-refractivity contribution >= 4 is 16.0 Å². The van der Waals surface area contributed by atoms with E-state index in [0.717, 1.165) is 7.05 Å². The largest absolute Gasteiger partial charge is 0.477 e. The number of aromatic carboxylic acids is 1. The number of sulfonamides is 1. The van der Waals surface area contributed by atoms with Gasteiger partial charge in [-0.1, -0.05) is 5.92 Å². The van der Waals surface area contributed by atoms with Crippen molar-refractivity contribution in [2.75, 3.05) is 13.6 Å². The first-order chi connectivity index (χ1) is 8.73. The number of hydrogen-bond acceptors (Lipinski definition) is 3. The second-order valence-corrected chi connectivity index (χ2v) is 5.52. The highest BCUT2D eigenvalue weighted by Crippen LogP contribution is 2.23. The molecule has 102 valence electrons. The summed E-state index contributed by atoms with van der Waals surface area (Å²) in [4.78, 5) is 9.76. The summed E-state index contributed by atoms with van der Waals surface area (Å²) in [6.45, 7) is -0.332. The highest BCUT2D eigenvalue weighted by atomic mass is 32.2. The molecule has 0 fully saturated rings. The molecule has 0 atom stereocenters. The molecule has 0 unspecified atom stereocenters. The molecule has 0 bridgehead atoms. The van der Waals surface area contributed by atoms with E-state index in [1.54, 1.807) is 0 Å². The van der Waals surface area contributed by atoms with E-state index in [0.29, 0.717) is 16.4 Å². The summed E-state index contributed by atoms with van der Waals surface area (Å²) in [6, 6.07) is 1.22. The molecule has 0 aliphatic rings. The lowest BCUT2D eigenvalue weighted by atomic mass is 10.2. The van der Waals surface area contributed by atoms with E-state index in [-0.39, 0.29) is 6.54 Å². The van der Waals surface area contributed by atoms with Crippen LogP contribution in [-0.4, -0.2) is 37.4 Å². The van der Waals surface area contributed by atoms with Crippen LogP contribution in [0.1, 0.15) is 10.4 Å². The maximum atomic E-state index is 13.8. The van der Waals surface area contributed by atoms with E-state index < -0.39 is 38.1 Å². The van der Waals surface area contributed by atoms with Crippen LogP contribution in [-0.2, 0) is 10.0 Å². The summed E-state index contributed by atoms with van der Waals surface area (Å²) >= 11 is 0. The molecular formula is C11H9F2NO4S. The number of halogens is 2. The number of rotatable bonds is 4. The maximum absolute atomic E-state index is 13.8. The van der Waals surface area contributed by atoms with Gasteiger partial charge in [0.25, 0.3) is 0 Å². The third-order valence-electron chi connectivity index (χ3n) is 2.27. The molecule has 0 radical (unpaired) electrons. The van der Waals surface area contributed by atoms with Crippen LogP contribution in [0, 0.1) is 24.0 Å². The second-order valence-electron chi connectivity index (χ2n) is 3.50. The van der Waals surface area contributed by atoms with Crippen molar-refractivity contribution < 1.29 is 27.1 Å². The first-order valence-electron chi connectivity index (χ1n) is 4.84. The van der Waals surface area contributed by atoms with Gasteiger partial charge < -0.3 is 5.11 Å². The van der Waals surface area contributed by atoms with E-state index in [4.69, 9.17) is 11.5 Å². The molecule has 1 aromatic rings. The summed E-state index contributed by atoms with van der Waals surface area (Å²) in [5.74, 6) is -2.87. The van der Waals surface area contributed by atoms with E-state index in [2.05, 4.69) is 0 Å². The zero-order valence-electron chi connectivity index (χ0n) is 9.72. The smallest absolute Gasteiger partial charge is 0.341 e. The SMILES string of the molecule is C#CCN(C)S(=O)(=O)c1ccc(F)c(C(=O)O)c1F. The molecule has 0 amide bonds. The Morgan fingerprint density at radius 1 is 1.47 bits per heavy atom. The third-order valence-corrected chi connectivity index (χ3v) is 4.09. The highest BCUT2D eigenvalue weighted by Gasteiger charge is 2.29. The van der Waals surface area contributed by atoms with Crippen molar-refractivity contribution in [2.45, 2.75) is 4.90 Å². The van der Waals surface area contributed by atoms with Crippen molar-refractivity contribution in [3.63, 3.8) is 0 Å². The Bertz CT molecular complexity index is 664. The van der Waals surface area contributed by atoms with Crippen LogP contribution >= 0.6 is 0 Å². The highest BCUT2D eigenvalue weighted by molar-refractivity contribution is 7.89. The van der Waals surface area contributed by atoms with Crippen LogP contribution < -0.4 is 0 Å². The molecule has 1 aromatic carbocycles. The lowest BCUT2D eigenvalue weighted by molar-refractivity contribution is 0.0685. The Kier molecular flexibility index (Phi) is 4.24. The molecule has 0 saturated heterocycles. The number of carbonyl (C=O) groups is 1. The minimum Gasteiger partial charge on any atom is -0.477 e. The van der Waals surface area contributed by atoms with Gasteiger partial charge in [-0.05, 0) is 12.1 Å². The summed E-state index contributed by atoms with van der Waals surface area (Å²) in [6.07, 6.45) is 4.94. The second kappa shape index (κ2) is 5.34. The Hall–Kier alpha value is -1.98. The number of nitrogens with zero attached hydrogens (tertiary/aromatic N) is 1. The van der Waals surface area contributed by atoms with E-state index in [9.17, 15) is 22.0 Å². The Labute approximate surface area is 108 Å². The van der Waals surface area contributed by atoms with Gasteiger partial charge in [0.1, 0.15) is 16.3 Å². The minimum atomic E-state index is -4.32. The molecule has 19 heavy (non-hydrogen) atoms. The van der Waals surface area contributed by atoms with Gasteiger partial charge in [0.15, 0.2) is 5.82 Å². The molecule has 8 heteroatoms. The number of benzene rings is 1. The van der Waals surface area contributed by atoms with Crippen LogP contribution in [0.2, 0.25) is 0 Å². The zero-order valence-corrected chi connectivity index (χ0v) is 10.5. The predicted octanol–water partition coefficient (Wildman–Crippen LogP) is 0.917. The summed E-state index contributed by atoms with van der Waals surface area (Å²) in [5, 5.41) is 8.66. The van der Waals surface area contributed by atoms with Crippen LogP contribution in [0.3, 0.4) is 0 Å². The molecular weight excluding hydrogens is 280 g/mol. The zero-order chi connectivity index (χ0) is 14.8. The summed E-state index contributed by atoms with van der Waals surface area (Å²) in [7, 11) is -3.22. The van der Waals surface area contributed by atoms with Gasteiger partial charge in [-0.3, -0.25) is 0 Å². The standard InChI is InChI=1S/C11H9F2NO4S/c1-3-6-14(2)19(17,18)8-5-4-7(12)9(10(8)13)11(15)16/h1,4-5H,6H2,2H3,(H,15,16). The average molecular weight is 289 g/mol. The van der Waals surface area contributed by atoms with Crippen LogP contribution in [0.5, 0.6) is 0 Å². The van der Waals surface area contributed by atoms with Gasteiger partial charge in [-0.2, -0.15) is 4.31 Å². The monoisotopic (exact) mass is 289 g/mol. The first kappa shape index (κ1) is 15.1. The molecule has 0 aliphatic carbocycles. The first-order valence-corrected chi connectivity index (χ1v) is 6.28. The summed E-state index contributed by atoms with van der Waals surface area (Å²) < 4.78 is 51.4. The van der Waals surface area contributed by atoms with Gasteiger partial charge in [-0.15, -0.1) is 6.42 Å². The molecule has 1 N–H and O–H groups in total. The maximum Gasteiger partial charge on any atom is 0.341 e. The van der Waals surface area contributed by atoms with Gasteiger partial charge in [0, 0.05) is 7.05 Å². The van der Waals surface area contributed by atoms with Gasteiger partial charge in [0.05, 0.1) is 6.54 Å². The fourth-order valence-corrected chi connectivity index (χ4v) is 2.46. The topological polar surface area (TPSA) is 74.7 Å².